The van der Waals surface area contributed by atoms with E-state index in [9.17, 15) is 0 Å². The molecule has 1 nitrogen and oxygen atoms in total. The Labute approximate surface area is 34.5 Å². The number of hydrogen-bond acceptors (Lipinski definition) is 1. The van der Waals surface area contributed by atoms with Crippen LogP contribution in [0.4, 0.5) is 0 Å². The van der Waals surface area contributed by atoms with Crippen molar-refractivity contribution >= 4 is 0 Å². The molecule has 0 heterocycles. The average Bonchev–Trinajstić information content (AvgIpc) is 1.37. The van der Waals surface area contributed by atoms with E-state index in [1.165, 1.54) is 0 Å². The van der Waals surface area contributed by atoms with Gasteiger partial charge in [0.2, 0.25) is 0 Å². The molecule has 26 valence electrons. The summed E-state index contributed by atoms with van der Waals surface area (Å²) in [5.74, 6) is 0. The maximum atomic E-state index is 4.29. The number of rotatable bonds is 1. The van der Waals surface area contributed by atoms with E-state index in [0.717, 1.165) is 0 Å². The van der Waals surface area contributed by atoms with Crippen molar-refractivity contribution in [3.05, 3.63) is 0 Å². The van der Waals surface area contributed by atoms with E-state index in [1.54, 1.807) is 0 Å². The summed E-state index contributed by atoms with van der Waals surface area (Å²) in [6, 6.07) is 0. The van der Waals surface area contributed by atoms with E-state index < -0.39 is 0 Å². The van der Waals surface area contributed by atoms with Crippen LogP contribution >= 0.6 is 0 Å². The first-order chi connectivity index (χ1) is 1.91. The number of hydrogen-bond donors (Lipinski definition) is 0. The molecule has 0 fully saturated rings. The second-order valence-corrected chi connectivity index (χ2v) is 0.709. The first kappa shape index (κ1) is 4.48. The fourth-order valence-corrected chi connectivity index (χ4v) is 0. The van der Waals surface area contributed by atoms with Crippen molar-refractivity contribution < 1.29 is 20.2 Å². The van der Waals surface area contributed by atoms with Crippen molar-refractivity contribution in [3.8, 4) is 0 Å². The van der Waals surface area contributed by atoms with E-state index in [4.69, 9.17) is 0 Å². The summed E-state index contributed by atoms with van der Waals surface area (Å²) in [6.45, 7) is 2.60. The zero-order valence-corrected chi connectivity index (χ0v) is 3.57. The molecule has 0 aromatic rings. The zero-order valence-electron chi connectivity index (χ0n) is 2.47. The van der Waals surface area contributed by atoms with Gasteiger partial charge >= 0.3 is 33.7 Å². The topological polar surface area (TPSA) is 9.23 Å². The van der Waals surface area contributed by atoms with Gasteiger partial charge in [0, 0.05) is 0 Å². The fourth-order valence-electron chi connectivity index (χ4n) is 0. The van der Waals surface area contributed by atoms with Crippen molar-refractivity contribution in [2.24, 2.45) is 0 Å². The molecule has 4 heavy (non-hydrogen) atoms. The fraction of sp³-hybridized carbons (Fsp3) is 1.00. The van der Waals surface area contributed by atoms with Gasteiger partial charge in [-0.1, -0.05) is 0 Å². The molecule has 0 amide bonds. The van der Waals surface area contributed by atoms with Crippen molar-refractivity contribution in [2.45, 2.75) is 6.92 Å². The molecule has 0 aromatic carbocycles. The van der Waals surface area contributed by atoms with Crippen molar-refractivity contribution in [2.75, 3.05) is 6.61 Å². The molecule has 0 aliphatic carbocycles. The van der Waals surface area contributed by atoms with Gasteiger partial charge in [-0.25, -0.2) is 0 Å². The van der Waals surface area contributed by atoms with E-state index in [1.807, 2.05) is 6.92 Å². The minimum atomic E-state index is 0.708. The Hall–Kier alpha value is 0.479. The summed E-state index contributed by atoms with van der Waals surface area (Å²) in [6.07, 6.45) is 0. The Morgan fingerprint density at radius 3 is 2.25 bits per heavy atom. The Morgan fingerprint density at radius 1 is 2.00 bits per heavy atom. The molecular formula is C2H5FeO+. The van der Waals surface area contributed by atoms with Crippen LogP contribution in [0.25, 0.3) is 0 Å². The van der Waals surface area contributed by atoms with E-state index in [0.29, 0.717) is 6.61 Å². The molecule has 0 aliphatic rings. The quantitative estimate of drug-likeness (QED) is 0.436. The van der Waals surface area contributed by atoms with Crippen LogP contribution < -0.4 is 0 Å². The van der Waals surface area contributed by atoms with Gasteiger partial charge in [-0.05, 0) is 0 Å². The predicted octanol–water partition coefficient (Wildman–Crippen LogP) is 0.485. The molecule has 0 aromatic heterocycles. The Kier molecular flexibility index (Phi) is 3.90. The summed E-state index contributed by atoms with van der Waals surface area (Å²) >= 11 is 3.10. The van der Waals surface area contributed by atoms with Gasteiger partial charge < -0.3 is 0 Å². The van der Waals surface area contributed by atoms with Gasteiger partial charge in [0.25, 0.3) is 0 Å². The molecule has 0 saturated carbocycles. The molecule has 0 N–H and O–H groups in total. The van der Waals surface area contributed by atoms with E-state index in [2.05, 4.69) is 20.2 Å². The first-order valence-electron chi connectivity index (χ1n) is 1.14. The average molecular weight is 101 g/mol. The molecule has 0 saturated heterocycles. The zero-order chi connectivity index (χ0) is 3.41. The monoisotopic (exact) mass is 101 g/mol. The molecular weight excluding hydrogens is 95.9 g/mol. The predicted molar refractivity (Wildman–Crippen MR) is 11.6 cm³/mol. The van der Waals surface area contributed by atoms with Crippen LogP contribution in [0.5, 0.6) is 0 Å². The van der Waals surface area contributed by atoms with Crippen LogP contribution in [0.15, 0.2) is 0 Å². The van der Waals surface area contributed by atoms with Crippen molar-refractivity contribution in [1.29, 1.82) is 0 Å². The van der Waals surface area contributed by atoms with Crippen LogP contribution in [-0.2, 0) is 20.2 Å². The normalized spacial score (nSPS) is 7.50. The molecule has 0 aliphatic heterocycles. The van der Waals surface area contributed by atoms with Gasteiger partial charge in [0.15, 0.2) is 0 Å². The standard InChI is InChI=1S/C2H5O.Fe/c1-2-3;/h2H2,1H3;/q-1;+2. The molecule has 0 atom stereocenters. The summed E-state index contributed by atoms with van der Waals surface area (Å²) in [4.78, 5) is 0. The summed E-state index contributed by atoms with van der Waals surface area (Å²) in [5, 5.41) is 0. The second kappa shape index (κ2) is 3.48. The first-order valence-corrected chi connectivity index (χ1v) is 1.59. The van der Waals surface area contributed by atoms with Crippen LogP contribution in [0.1, 0.15) is 6.92 Å². The molecule has 0 bridgehead atoms. The van der Waals surface area contributed by atoms with Gasteiger partial charge in [0.05, 0.1) is 0 Å². The van der Waals surface area contributed by atoms with Crippen LogP contribution in [0.2, 0.25) is 0 Å². The molecule has 2 heteroatoms. The molecule has 0 spiro atoms. The third-order valence-corrected chi connectivity index (χ3v) is 0.421. The van der Waals surface area contributed by atoms with Crippen molar-refractivity contribution in [3.63, 3.8) is 0 Å². The third kappa shape index (κ3) is 2.48. The van der Waals surface area contributed by atoms with Gasteiger partial charge in [-0.2, -0.15) is 0 Å². The maximum absolute atomic E-state index is 4.29. The summed E-state index contributed by atoms with van der Waals surface area (Å²) in [5.41, 5.74) is 0. The Bertz CT molecular complexity index is 8.00. The van der Waals surface area contributed by atoms with Crippen LogP contribution in [-0.4, -0.2) is 6.61 Å². The van der Waals surface area contributed by atoms with E-state index >= 15 is 0 Å². The Morgan fingerprint density at radius 2 is 2.25 bits per heavy atom. The summed E-state index contributed by atoms with van der Waals surface area (Å²) in [7, 11) is 0. The summed E-state index contributed by atoms with van der Waals surface area (Å²) < 4.78 is 4.29. The minimum absolute atomic E-state index is 0.708. The van der Waals surface area contributed by atoms with Gasteiger partial charge in [-0.15, -0.1) is 0 Å². The third-order valence-electron chi connectivity index (χ3n) is 0.102. The van der Waals surface area contributed by atoms with E-state index in [-0.39, 0.29) is 0 Å². The van der Waals surface area contributed by atoms with Gasteiger partial charge in [0.1, 0.15) is 0 Å². The van der Waals surface area contributed by atoms with Crippen LogP contribution in [0, 0.1) is 0 Å². The molecule has 0 unspecified atom stereocenters. The SMILES string of the molecule is CC[O][Fe+]. The van der Waals surface area contributed by atoms with Crippen LogP contribution in [0.3, 0.4) is 0 Å². The van der Waals surface area contributed by atoms with Gasteiger partial charge in [-0.3, -0.25) is 0 Å². The van der Waals surface area contributed by atoms with Crippen molar-refractivity contribution in [1.82, 2.24) is 0 Å². The molecule has 0 radical (unpaired) electrons. The molecule has 0 rings (SSSR count). The second-order valence-electron chi connectivity index (χ2n) is 0.391. The Balaban J connectivity index is 1.97.